The van der Waals surface area contributed by atoms with Gasteiger partial charge in [-0.1, -0.05) is 77.0 Å². The highest BCUT2D eigenvalue weighted by atomic mass is 16.6. The highest BCUT2D eigenvalue weighted by Gasteiger charge is 2.26. The van der Waals surface area contributed by atoms with Crippen molar-refractivity contribution in [2.75, 3.05) is 13.4 Å². The number of rotatable bonds is 39. The molecule has 5 amide bonds. The molecule has 20 heteroatoms. The number of aliphatic hydroxyl groups is 1. The summed E-state index contributed by atoms with van der Waals surface area (Å²) in [4.78, 5) is 106. The molecule has 0 aliphatic carbocycles. The van der Waals surface area contributed by atoms with E-state index in [1.165, 1.54) is 25.7 Å². The molecule has 0 radical (unpaired) electrons. The van der Waals surface area contributed by atoms with E-state index in [0.717, 1.165) is 57.8 Å². The number of aliphatic carboxylic acids is 4. The lowest BCUT2D eigenvalue weighted by Gasteiger charge is -2.20. The number of ether oxygens (including phenoxy) is 1. The van der Waals surface area contributed by atoms with Crippen molar-refractivity contribution in [1.29, 1.82) is 0 Å². The molecule has 11 N–H and O–H groups in total. The van der Waals surface area contributed by atoms with Crippen LogP contribution in [0, 0.1) is 0 Å². The normalized spacial score (nSPS) is 13.0. The fourth-order valence-corrected chi connectivity index (χ4v) is 6.09. The van der Waals surface area contributed by atoms with Gasteiger partial charge in [0, 0.05) is 38.5 Å². The molecule has 20 nitrogen and oxygen atoms in total. The van der Waals surface area contributed by atoms with Crippen molar-refractivity contribution in [1.82, 2.24) is 21.3 Å². The predicted octanol–water partition coefficient (Wildman–Crippen LogP) is 2.08. The van der Waals surface area contributed by atoms with Crippen LogP contribution in [0.3, 0.4) is 0 Å². The molecule has 0 aliphatic rings. The van der Waals surface area contributed by atoms with Crippen molar-refractivity contribution in [3.8, 4) is 0 Å². The molecule has 0 aromatic rings. The number of amides is 5. The van der Waals surface area contributed by atoms with Crippen LogP contribution in [0.25, 0.3) is 0 Å². The zero-order valence-electron chi connectivity index (χ0n) is 34.1. The summed E-state index contributed by atoms with van der Waals surface area (Å²) < 4.78 is 4.92. The molecule has 0 aliphatic heterocycles. The second-order valence-corrected chi connectivity index (χ2v) is 14.6. The minimum absolute atomic E-state index is 0.0654. The highest BCUT2D eigenvalue weighted by Crippen LogP contribution is 2.14. The maximum atomic E-state index is 12.6. The standard InChI is InChI=1S/C39H67N5O15/c40-31(46)21-18-28(37(53)54)43-34(49)22-17-27(25-59-26-45)41-33(48)23-19-30(39(57)58)44-35(50)24-20-29(38(55)56)42-32(47)15-13-11-9-7-5-3-1-2-4-6-8-10-12-14-16-36(51)52/h27-30,45H,1-26H2,(H2,40,46)(H,41,48)(H,42,47)(H,43,49)(H,44,50)(H,51,52)(H,53,54)(H,55,56)(H,57,58)/t27-,28-,29-,30-/m0/s1. The van der Waals surface area contributed by atoms with Crippen LogP contribution in [0.2, 0.25) is 0 Å². The summed E-state index contributed by atoms with van der Waals surface area (Å²) in [6, 6.07) is -5.11. The number of nitrogens with one attached hydrogen (secondary N) is 4. The van der Waals surface area contributed by atoms with Crippen LogP contribution >= 0.6 is 0 Å². The fraction of sp³-hybridized carbons (Fsp3) is 0.769. The third-order valence-electron chi connectivity index (χ3n) is 9.44. The second-order valence-electron chi connectivity index (χ2n) is 14.6. The summed E-state index contributed by atoms with van der Waals surface area (Å²) in [5, 5.41) is 55.6. The molecular weight excluding hydrogens is 778 g/mol. The average Bonchev–Trinajstić information content (AvgIpc) is 3.16. The smallest absolute Gasteiger partial charge is 0.326 e. The Bertz CT molecular complexity index is 1320. The maximum Gasteiger partial charge on any atom is 0.326 e. The number of primary amides is 1. The van der Waals surface area contributed by atoms with Crippen LogP contribution in [0.15, 0.2) is 0 Å². The SMILES string of the molecule is NC(=O)CC[C@H](NC(=O)CC[C@@H](COCO)NC(=O)CC[C@H](NC(=O)CC[C@H](NC(=O)CCCCCCCCCCCCCCCCC(=O)O)C(=O)O)C(=O)O)C(=O)O. The van der Waals surface area contributed by atoms with E-state index in [-0.39, 0.29) is 58.0 Å². The zero-order chi connectivity index (χ0) is 44.4. The fourth-order valence-electron chi connectivity index (χ4n) is 6.09. The van der Waals surface area contributed by atoms with Crippen LogP contribution < -0.4 is 27.0 Å². The van der Waals surface area contributed by atoms with Crippen molar-refractivity contribution >= 4 is 53.4 Å². The molecule has 338 valence electrons. The Labute approximate surface area is 345 Å². The second kappa shape index (κ2) is 34.1. The van der Waals surface area contributed by atoms with Gasteiger partial charge in [-0.15, -0.1) is 0 Å². The lowest BCUT2D eigenvalue weighted by Crippen LogP contribution is -2.45. The number of carbonyl (C=O) groups excluding carboxylic acids is 5. The van der Waals surface area contributed by atoms with Gasteiger partial charge in [0.2, 0.25) is 29.5 Å². The highest BCUT2D eigenvalue weighted by molar-refractivity contribution is 5.87. The Morgan fingerprint density at radius 3 is 1.10 bits per heavy atom. The number of unbranched alkanes of at least 4 members (excludes halogenated alkanes) is 13. The van der Waals surface area contributed by atoms with Gasteiger partial charge < -0.3 is 57.3 Å². The van der Waals surface area contributed by atoms with Crippen molar-refractivity contribution < 1.29 is 73.4 Å². The van der Waals surface area contributed by atoms with Gasteiger partial charge in [-0.3, -0.25) is 28.8 Å². The van der Waals surface area contributed by atoms with Gasteiger partial charge in [0.15, 0.2) is 0 Å². The van der Waals surface area contributed by atoms with Crippen LogP contribution in [0.4, 0.5) is 0 Å². The molecule has 4 atom stereocenters. The van der Waals surface area contributed by atoms with E-state index >= 15 is 0 Å². The van der Waals surface area contributed by atoms with Crippen molar-refractivity contribution in [2.24, 2.45) is 5.73 Å². The van der Waals surface area contributed by atoms with Crippen LogP contribution in [0.5, 0.6) is 0 Å². The van der Waals surface area contributed by atoms with Gasteiger partial charge in [0.05, 0.1) is 12.6 Å². The first-order chi connectivity index (χ1) is 28.0. The summed E-state index contributed by atoms with van der Waals surface area (Å²) in [7, 11) is 0. The number of carboxylic acids is 4. The molecule has 0 rings (SSSR count). The third kappa shape index (κ3) is 31.8. The van der Waals surface area contributed by atoms with Crippen LogP contribution in [-0.2, 0) is 47.9 Å². The molecule has 0 heterocycles. The molecule has 0 saturated carbocycles. The van der Waals surface area contributed by atoms with E-state index in [4.69, 9.17) is 20.7 Å². The molecule has 0 saturated heterocycles. The summed E-state index contributed by atoms with van der Waals surface area (Å²) in [6.45, 7) is -0.957. The third-order valence-corrected chi connectivity index (χ3v) is 9.44. The molecule has 0 aromatic carbocycles. The van der Waals surface area contributed by atoms with Gasteiger partial charge in [-0.25, -0.2) is 14.4 Å². The number of hydrogen-bond acceptors (Lipinski definition) is 11. The Morgan fingerprint density at radius 2 is 0.746 bits per heavy atom. The maximum absolute atomic E-state index is 12.6. The van der Waals surface area contributed by atoms with Gasteiger partial charge in [-0.05, 0) is 38.5 Å². The molecular formula is C39H67N5O15. The first-order valence-electron chi connectivity index (χ1n) is 20.6. The Hall–Kier alpha value is -4.85. The molecule has 0 bridgehead atoms. The first kappa shape index (κ1) is 54.2. The molecule has 0 fully saturated rings. The van der Waals surface area contributed by atoms with Crippen molar-refractivity contribution in [3.05, 3.63) is 0 Å². The van der Waals surface area contributed by atoms with E-state index in [0.29, 0.717) is 6.42 Å². The van der Waals surface area contributed by atoms with Gasteiger partial charge >= 0.3 is 23.9 Å². The molecule has 0 aromatic heterocycles. The average molecular weight is 846 g/mol. The van der Waals surface area contributed by atoms with Gasteiger partial charge in [0.1, 0.15) is 24.9 Å². The van der Waals surface area contributed by atoms with Gasteiger partial charge in [-0.2, -0.15) is 0 Å². The van der Waals surface area contributed by atoms with Gasteiger partial charge in [0.25, 0.3) is 0 Å². The molecule has 0 unspecified atom stereocenters. The lowest BCUT2D eigenvalue weighted by atomic mass is 10.0. The summed E-state index contributed by atoms with van der Waals surface area (Å²) in [5.74, 6) is -8.33. The summed E-state index contributed by atoms with van der Waals surface area (Å²) in [5.41, 5.74) is 5.03. The number of hydrogen-bond donors (Lipinski definition) is 10. The van der Waals surface area contributed by atoms with E-state index in [9.17, 15) is 58.5 Å². The Morgan fingerprint density at radius 1 is 0.424 bits per heavy atom. The lowest BCUT2D eigenvalue weighted by molar-refractivity contribution is -0.143. The summed E-state index contributed by atoms with van der Waals surface area (Å²) in [6.07, 6.45) is 12.3. The number of nitrogens with two attached hydrogens (primary N) is 1. The number of aliphatic hydroxyl groups excluding tert-OH is 1. The minimum atomic E-state index is -1.52. The minimum Gasteiger partial charge on any atom is -0.481 e. The zero-order valence-corrected chi connectivity index (χ0v) is 34.1. The van der Waals surface area contributed by atoms with E-state index in [2.05, 4.69) is 21.3 Å². The van der Waals surface area contributed by atoms with Crippen LogP contribution in [0.1, 0.15) is 154 Å². The molecule has 0 spiro atoms. The Balaban J connectivity index is 4.52. The number of carboxylic acid groups (broad SMARTS) is 4. The predicted molar refractivity (Wildman–Crippen MR) is 211 cm³/mol. The monoisotopic (exact) mass is 845 g/mol. The quantitative estimate of drug-likeness (QED) is 0.0313. The number of carbonyl (C=O) groups is 9. The largest absolute Gasteiger partial charge is 0.481 e. The van der Waals surface area contributed by atoms with E-state index < -0.39 is 97.2 Å². The topological polar surface area (TPSA) is 338 Å². The van der Waals surface area contributed by atoms with Crippen molar-refractivity contribution in [2.45, 2.75) is 178 Å². The van der Waals surface area contributed by atoms with Crippen molar-refractivity contribution in [3.63, 3.8) is 0 Å². The first-order valence-corrected chi connectivity index (χ1v) is 20.6. The van der Waals surface area contributed by atoms with E-state index in [1.54, 1.807) is 0 Å². The van der Waals surface area contributed by atoms with E-state index in [1.807, 2.05) is 0 Å². The Kier molecular flexibility index (Phi) is 31.3. The summed E-state index contributed by atoms with van der Waals surface area (Å²) >= 11 is 0. The van der Waals surface area contributed by atoms with Crippen LogP contribution in [-0.4, -0.2) is 117 Å². The molecule has 59 heavy (non-hydrogen) atoms.